The molecule has 3 heterocycles. The van der Waals surface area contributed by atoms with Crippen LogP contribution < -0.4 is 0 Å². The van der Waals surface area contributed by atoms with Crippen LogP contribution in [-0.2, 0) is 38.0 Å². The Kier molecular flexibility index (Phi) is 7.51. The van der Waals surface area contributed by atoms with Crippen LogP contribution in [-0.4, -0.2) is 49.7 Å². The molecule has 8 atom stereocenters. The van der Waals surface area contributed by atoms with E-state index in [4.69, 9.17) is 33.2 Å². The van der Waals surface area contributed by atoms with Gasteiger partial charge in [0.25, 0.3) is 0 Å². The van der Waals surface area contributed by atoms with Crippen LogP contribution in [0, 0.1) is 0 Å². The molecule has 0 unspecified atom stereocenters. The highest BCUT2D eigenvalue weighted by atomic mass is 16.8. The lowest BCUT2D eigenvalue weighted by atomic mass is 9.95. The van der Waals surface area contributed by atoms with E-state index in [0.29, 0.717) is 6.61 Å². The van der Waals surface area contributed by atoms with Crippen molar-refractivity contribution in [1.82, 2.24) is 0 Å². The lowest BCUT2D eigenvalue weighted by Crippen LogP contribution is -2.62. The highest BCUT2D eigenvalue weighted by Crippen LogP contribution is 2.42. The molecule has 3 aliphatic heterocycles. The van der Waals surface area contributed by atoms with Gasteiger partial charge >= 0.3 is 5.97 Å². The molecule has 0 saturated carbocycles. The van der Waals surface area contributed by atoms with Crippen molar-refractivity contribution in [1.29, 1.82) is 0 Å². The van der Waals surface area contributed by atoms with Crippen molar-refractivity contribution >= 4 is 5.97 Å². The van der Waals surface area contributed by atoms with Crippen LogP contribution in [0.1, 0.15) is 42.5 Å². The van der Waals surface area contributed by atoms with Gasteiger partial charge in [-0.25, -0.2) is 0 Å². The van der Waals surface area contributed by atoms with Crippen molar-refractivity contribution in [3.05, 3.63) is 108 Å². The van der Waals surface area contributed by atoms with E-state index < -0.39 is 55.4 Å². The molecule has 0 radical (unpaired) electrons. The molecule has 3 saturated heterocycles. The van der Waals surface area contributed by atoms with E-state index in [1.165, 1.54) is 6.92 Å². The minimum atomic E-state index is -0.700. The number of hydrogen-bond donors (Lipinski definition) is 0. The molecule has 0 bridgehead atoms. The molecule has 0 aromatic heterocycles. The highest BCUT2D eigenvalue weighted by molar-refractivity contribution is 5.66. The Bertz CT molecular complexity index is 1190. The zero-order chi connectivity index (χ0) is 25.9. The Morgan fingerprint density at radius 2 is 1.08 bits per heavy atom. The van der Waals surface area contributed by atoms with E-state index >= 15 is 0 Å². The molecule has 38 heavy (non-hydrogen) atoms. The van der Waals surface area contributed by atoms with Crippen molar-refractivity contribution in [2.75, 3.05) is 13.2 Å². The first kappa shape index (κ1) is 25.2. The maximum absolute atomic E-state index is 12.0. The van der Waals surface area contributed by atoms with Crippen LogP contribution in [0.5, 0.6) is 0 Å². The lowest BCUT2D eigenvalue weighted by Gasteiger charge is -2.50. The summed E-state index contributed by atoms with van der Waals surface area (Å²) in [5, 5.41) is 0. The highest BCUT2D eigenvalue weighted by Gasteiger charge is 2.53. The van der Waals surface area contributed by atoms with Gasteiger partial charge in [-0.3, -0.25) is 4.79 Å². The largest absolute Gasteiger partial charge is 0.457 e. The van der Waals surface area contributed by atoms with Crippen LogP contribution in [0.2, 0.25) is 0 Å². The number of carbonyl (C=O) groups is 1. The molecule has 8 nitrogen and oxygen atoms in total. The molecule has 3 aromatic carbocycles. The van der Waals surface area contributed by atoms with Gasteiger partial charge in [0.2, 0.25) is 0 Å². The van der Waals surface area contributed by atoms with Gasteiger partial charge in [0, 0.05) is 23.6 Å². The van der Waals surface area contributed by atoms with Crippen molar-refractivity contribution in [3.63, 3.8) is 0 Å². The van der Waals surface area contributed by atoms with Gasteiger partial charge in [-0.15, -0.1) is 0 Å². The third-order valence-electron chi connectivity index (χ3n) is 6.88. The summed E-state index contributed by atoms with van der Waals surface area (Å²) >= 11 is 0. The molecular weight excluding hydrogens is 488 g/mol. The van der Waals surface area contributed by atoms with E-state index in [1.807, 2.05) is 91.0 Å². The Labute approximate surface area is 221 Å². The number of ether oxygens (including phenoxy) is 7. The summed E-state index contributed by atoms with van der Waals surface area (Å²) in [6, 6.07) is 29.1. The van der Waals surface area contributed by atoms with Crippen LogP contribution in [0.15, 0.2) is 91.0 Å². The molecule has 6 rings (SSSR count). The Morgan fingerprint density at radius 3 is 1.63 bits per heavy atom. The quantitative estimate of drug-likeness (QED) is 0.453. The third-order valence-corrected chi connectivity index (χ3v) is 6.88. The first-order valence-electron chi connectivity index (χ1n) is 12.8. The van der Waals surface area contributed by atoms with Crippen LogP contribution in [0.3, 0.4) is 0 Å². The SMILES string of the molecule is CC(=O)O[C@@H]1CO[C@H](c2ccccc2)O[C@@H]1[C@H]1O[C@@H](c2ccccc2)O[C@@H]2CO[C@H](c3ccccc3)O[C@H]12. The first-order valence-corrected chi connectivity index (χ1v) is 12.8. The predicted molar refractivity (Wildman–Crippen MR) is 134 cm³/mol. The van der Waals surface area contributed by atoms with Crippen molar-refractivity contribution in [2.24, 2.45) is 0 Å². The van der Waals surface area contributed by atoms with Gasteiger partial charge in [0.05, 0.1) is 13.2 Å². The average Bonchev–Trinajstić information content (AvgIpc) is 2.98. The smallest absolute Gasteiger partial charge is 0.303 e. The number of fused-ring (bicyclic) bond motifs is 1. The molecule has 3 aromatic rings. The first-order chi connectivity index (χ1) is 18.7. The zero-order valence-corrected chi connectivity index (χ0v) is 21.0. The third kappa shape index (κ3) is 5.37. The van der Waals surface area contributed by atoms with Crippen molar-refractivity contribution < 1.29 is 38.0 Å². The van der Waals surface area contributed by atoms with Gasteiger partial charge in [-0.1, -0.05) is 91.0 Å². The lowest BCUT2D eigenvalue weighted by molar-refractivity contribution is -0.391. The van der Waals surface area contributed by atoms with E-state index in [1.54, 1.807) is 0 Å². The maximum Gasteiger partial charge on any atom is 0.303 e. The molecule has 198 valence electrons. The minimum Gasteiger partial charge on any atom is -0.457 e. The van der Waals surface area contributed by atoms with Crippen LogP contribution in [0.4, 0.5) is 0 Å². The van der Waals surface area contributed by atoms with Gasteiger partial charge in [0.15, 0.2) is 25.0 Å². The molecule has 0 aliphatic carbocycles. The number of carbonyl (C=O) groups excluding carboxylic acids is 1. The van der Waals surface area contributed by atoms with Crippen LogP contribution >= 0.6 is 0 Å². The van der Waals surface area contributed by atoms with Gasteiger partial charge < -0.3 is 33.2 Å². The predicted octanol–water partition coefficient (Wildman–Crippen LogP) is 4.63. The van der Waals surface area contributed by atoms with Gasteiger partial charge in [-0.05, 0) is 0 Å². The monoisotopic (exact) mass is 518 g/mol. The summed E-state index contributed by atoms with van der Waals surface area (Å²) in [7, 11) is 0. The maximum atomic E-state index is 12.0. The molecule has 3 fully saturated rings. The summed E-state index contributed by atoms with van der Waals surface area (Å²) in [5.41, 5.74) is 2.61. The van der Waals surface area contributed by atoms with E-state index in [0.717, 1.165) is 16.7 Å². The van der Waals surface area contributed by atoms with Gasteiger partial charge in [-0.2, -0.15) is 0 Å². The van der Waals surface area contributed by atoms with Crippen molar-refractivity contribution in [2.45, 2.75) is 56.3 Å². The number of rotatable bonds is 5. The summed E-state index contributed by atoms with van der Waals surface area (Å²) in [4.78, 5) is 12.0. The minimum absolute atomic E-state index is 0.149. The molecular formula is C30H30O8. The zero-order valence-electron chi connectivity index (χ0n) is 21.0. The Balaban J connectivity index is 1.34. The second kappa shape index (κ2) is 11.3. The normalized spacial score (nSPS) is 33.2. The summed E-state index contributed by atoms with van der Waals surface area (Å²) in [6.07, 6.45) is -4.94. The van der Waals surface area contributed by atoms with Crippen molar-refractivity contribution in [3.8, 4) is 0 Å². The summed E-state index contributed by atoms with van der Waals surface area (Å²) in [5.74, 6) is -0.427. The second-order valence-electron chi connectivity index (χ2n) is 9.52. The Morgan fingerprint density at radius 1 is 0.605 bits per heavy atom. The van der Waals surface area contributed by atoms with E-state index in [-0.39, 0.29) is 6.61 Å². The van der Waals surface area contributed by atoms with Gasteiger partial charge in [0.1, 0.15) is 24.4 Å². The molecule has 0 N–H and O–H groups in total. The fraction of sp³-hybridized carbons (Fsp3) is 0.367. The topological polar surface area (TPSA) is 81.7 Å². The Hall–Kier alpha value is -3.11. The summed E-state index contributed by atoms with van der Waals surface area (Å²) in [6.45, 7) is 1.82. The fourth-order valence-corrected chi connectivity index (χ4v) is 5.11. The van der Waals surface area contributed by atoms with E-state index in [9.17, 15) is 4.79 Å². The molecule has 8 heteroatoms. The van der Waals surface area contributed by atoms with Crippen LogP contribution in [0.25, 0.3) is 0 Å². The summed E-state index contributed by atoms with van der Waals surface area (Å²) < 4.78 is 43.7. The van der Waals surface area contributed by atoms with E-state index in [2.05, 4.69) is 0 Å². The standard InChI is InChI=1S/C30H30O8/c1-19(31)34-23-17-32-28(20-11-5-2-6-12-20)36-25(23)27-26-24(35-30(38-27)22-15-9-4-10-16-22)18-33-29(37-26)21-13-7-3-8-14-21/h2-16,23-30H,17-18H2,1H3/t23-,24-,25+,26+,27-,28+,29+,30+/m1/s1. The fourth-order valence-electron chi connectivity index (χ4n) is 5.11. The number of esters is 1. The molecule has 0 amide bonds. The number of hydrogen-bond acceptors (Lipinski definition) is 8. The number of benzene rings is 3. The second-order valence-corrected chi connectivity index (χ2v) is 9.52. The average molecular weight is 519 g/mol. The molecule has 0 spiro atoms. The molecule has 3 aliphatic rings.